The first-order valence-electron chi connectivity index (χ1n) is 6.61. The molecule has 1 fully saturated rings. The molecule has 3 N–H and O–H groups in total. The van der Waals surface area contributed by atoms with Crippen molar-refractivity contribution in [1.82, 2.24) is 30.7 Å². The number of hydrogen-bond acceptors (Lipinski definition) is 7. The van der Waals surface area contributed by atoms with Gasteiger partial charge in [-0.3, -0.25) is 0 Å². The quantitative estimate of drug-likeness (QED) is 0.684. The van der Waals surface area contributed by atoms with Crippen molar-refractivity contribution in [3.05, 3.63) is 22.1 Å². The van der Waals surface area contributed by atoms with E-state index in [0.717, 1.165) is 4.88 Å². The van der Waals surface area contributed by atoms with Crippen LogP contribution in [0.25, 0.3) is 0 Å². The van der Waals surface area contributed by atoms with Crippen LogP contribution in [-0.4, -0.2) is 35.1 Å². The van der Waals surface area contributed by atoms with Gasteiger partial charge in [0.05, 0.1) is 10.9 Å². The summed E-state index contributed by atoms with van der Waals surface area (Å²) in [6.45, 7) is 2.38. The van der Waals surface area contributed by atoms with Gasteiger partial charge in [0.25, 0.3) is 0 Å². The van der Waals surface area contributed by atoms with Gasteiger partial charge < -0.3 is 5.32 Å². The molecule has 0 aromatic carbocycles. The molecule has 2 aromatic rings. The van der Waals surface area contributed by atoms with E-state index in [2.05, 4.69) is 30.7 Å². The lowest BCUT2D eigenvalue weighted by Crippen LogP contribution is -2.27. The van der Waals surface area contributed by atoms with Crippen molar-refractivity contribution >= 4 is 21.4 Å². The monoisotopic (exact) mass is 328 g/mol. The zero-order valence-electron chi connectivity index (χ0n) is 11.4. The smallest absolute Gasteiger partial charge is 0.242 e. The highest BCUT2D eigenvalue weighted by molar-refractivity contribution is 7.89. The Morgan fingerprint density at radius 3 is 3.00 bits per heavy atom. The molecule has 1 saturated carbocycles. The topological polar surface area (TPSA) is 113 Å². The van der Waals surface area contributed by atoms with Crippen molar-refractivity contribution in [3.8, 4) is 0 Å². The Morgan fingerprint density at radius 2 is 2.33 bits per heavy atom. The molecule has 0 aliphatic heterocycles. The van der Waals surface area contributed by atoms with Crippen LogP contribution in [0.5, 0.6) is 0 Å². The third-order valence-electron chi connectivity index (χ3n) is 3.16. The molecule has 1 aliphatic rings. The Morgan fingerprint density at radius 1 is 1.52 bits per heavy atom. The standard InChI is InChI=1S/C11H16N6O2S2/c1-7(11-13-16-17-14-11)15-21(18,19)10-4-9(20-6-10)5-12-8-2-3-8/h4,6-8,12,15H,2-3,5H2,1H3,(H,13,14,16,17). The highest BCUT2D eigenvalue weighted by Gasteiger charge is 2.23. The van der Waals surface area contributed by atoms with Gasteiger partial charge in [0.2, 0.25) is 10.0 Å². The van der Waals surface area contributed by atoms with Crippen molar-refractivity contribution in [1.29, 1.82) is 0 Å². The molecule has 0 radical (unpaired) electrons. The Labute approximate surface area is 126 Å². The van der Waals surface area contributed by atoms with Crippen LogP contribution in [0.15, 0.2) is 16.3 Å². The minimum atomic E-state index is -3.58. The number of sulfonamides is 1. The first kappa shape index (κ1) is 14.6. The molecule has 2 aromatic heterocycles. The third kappa shape index (κ3) is 3.64. The number of hydrogen-bond donors (Lipinski definition) is 3. The zero-order chi connectivity index (χ0) is 14.9. The number of rotatable bonds is 7. The summed E-state index contributed by atoms with van der Waals surface area (Å²) in [6, 6.07) is 1.76. The summed E-state index contributed by atoms with van der Waals surface area (Å²) in [5.74, 6) is 0.310. The average molecular weight is 328 g/mol. The van der Waals surface area contributed by atoms with Gasteiger partial charge in [-0.1, -0.05) is 5.21 Å². The predicted octanol–water partition coefficient (Wildman–Crippen LogP) is 0.553. The van der Waals surface area contributed by atoms with Gasteiger partial charge in [-0.25, -0.2) is 13.1 Å². The maximum atomic E-state index is 12.3. The van der Waals surface area contributed by atoms with Crippen LogP contribution in [-0.2, 0) is 16.6 Å². The van der Waals surface area contributed by atoms with Crippen LogP contribution in [0.4, 0.5) is 0 Å². The summed E-state index contributed by atoms with van der Waals surface area (Å²) in [4.78, 5) is 1.28. The predicted molar refractivity (Wildman–Crippen MR) is 77.1 cm³/mol. The maximum Gasteiger partial charge on any atom is 0.242 e. The number of thiophene rings is 1. The fraction of sp³-hybridized carbons (Fsp3) is 0.545. The fourth-order valence-electron chi connectivity index (χ4n) is 1.83. The van der Waals surface area contributed by atoms with Crippen molar-refractivity contribution in [2.24, 2.45) is 0 Å². The van der Waals surface area contributed by atoms with E-state index >= 15 is 0 Å². The molecule has 0 amide bonds. The Kier molecular flexibility index (Phi) is 4.02. The summed E-state index contributed by atoms with van der Waals surface area (Å²) >= 11 is 1.44. The van der Waals surface area contributed by atoms with Gasteiger partial charge in [0, 0.05) is 22.8 Å². The summed E-state index contributed by atoms with van der Waals surface area (Å²) in [7, 11) is -3.58. The van der Waals surface area contributed by atoms with Crippen LogP contribution in [0.1, 0.15) is 36.5 Å². The van der Waals surface area contributed by atoms with E-state index in [1.807, 2.05) is 0 Å². The molecule has 2 heterocycles. The zero-order valence-corrected chi connectivity index (χ0v) is 13.0. The highest BCUT2D eigenvalue weighted by atomic mass is 32.2. The highest BCUT2D eigenvalue weighted by Crippen LogP contribution is 2.23. The maximum absolute atomic E-state index is 12.3. The normalized spacial score (nSPS) is 17.0. The van der Waals surface area contributed by atoms with Crippen molar-refractivity contribution in [2.45, 2.75) is 43.3 Å². The average Bonchev–Trinajstić information content (AvgIpc) is 2.96. The molecular formula is C11H16N6O2S2. The summed E-state index contributed by atoms with van der Waals surface area (Å²) in [6.07, 6.45) is 2.42. The molecule has 3 rings (SSSR count). The SMILES string of the molecule is CC(NS(=O)(=O)c1csc(CNC2CC2)c1)c1nn[nH]n1. The van der Waals surface area contributed by atoms with Gasteiger partial charge in [0.15, 0.2) is 5.82 Å². The second-order valence-electron chi connectivity index (χ2n) is 5.02. The first-order chi connectivity index (χ1) is 10.0. The molecule has 0 bridgehead atoms. The van der Waals surface area contributed by atoms with Gasteiger partial charge >= 0.3 is 0 Å². The Hall–Kier alpha value is -1.36. The van der Waals surface area contributed by atoms with Crippen LogP contribution in [0, 0.1) is 0 Å². The molecule has 10 heteroatoms. The number of aromatic amines is 1. The van der Waals surface area contributed by atoms with E-state index in [1.54, 1.807) is 18.4 Å². The first-order valence-corrected chi connectivity index (χ1v) is 8.97. The molecule has 8 nitrogen and oxygen atoms in total. The lowest BCUT2D eigenvalue weighted by atomic mass is 10.4. The van der Waals surface area contributed by atoms with E-state index in [0.29, 0.717) is 18.4 Å². The number of aromatic nitrogens is 4. The lowest BCUT2D eigenvalue weighted by Gasteiger charge is -2.09. The van der Waals surface area contributed by atoms with E-state index in [9.17, 15) is 8.42 Å². The molecule has 0 saturated heterocycles. The van der Waals surface area contributed by atoms with E-state index < -0.39 is 16.1 Å². The van der Waals surface area contributed by atoms with Gasteiger partial charge in [0.1, 0.15) is 0 Å². The second-order valence-corrected chi connectivity index (χ2v) is 7.73. The number of H-pyrrole nitrogens is 1. The van der Waals surface area contributed by atoms with E-state index in [-0.39, 0.29) is 4.90 Å². The molecule has 1 unspecified atom stereocenters. The number of tetrazole rings is 1. The van der Waals surface area contributed by atoms with Gasteiger partial charge in [-0.05, 0) is 25.8 Å². The van der Waals surface area contributed by atoms with Gasteiger partial charge in [-0.2, -0.15) is 5.21 Å². The van der Waals surface area contributed by atoms with Crippen LogP contribution in [0.2, 0.25) is 0 Å². The number of nitrogens with zero attached hydrogens (tertiary/aromatic N) is 3. The van der Waals surface area contributed by atoms with Crippen LogP contribution in [0.3, 0.4) is 0 Å². The lowest BCUT2D eigenvalue weighted by molar-refractivity contribution is 0.560. The molecule has 114 valence electrons. The minimum absolute atomic E-state index is 0.274. The second kappa shape index (κ2) is 5.79. The summed E-state index contributed by atoms with van der Waals surface area (Å²) in [5, 5.41) is 18.3. The summed E-state index contributed by atoms with van der Waals surface area (Å²) < 4.78 is 27.1. The van der Waals surface area contributed by atoms with Crippen molar-refractivity contribution in [3.63, 3.8) is 0 Å². The molecular weight excluding hydrogens is 312 g/mol. The van der Waals surface area contributed by atoms with E-state index in [1.165, 1.54) is 24.2 Å². The van der Waals surface area contributed by atoms with Crippen molar-refractivity contribution in [2.75, 3.05) is 0 Å². The van der Waals surface area contributed by atoms with Crippen molar-refractivity contribution < 1.29 is 8.42 Å². The molecule has 1 aliphatic carbocycles. The fourth-order valence-corrected chi connectivity index (χ4v) is 4.26. The summed E-state index contributed by atoms with van der Waals surface area (Å²) in [5.41, 5.74) is 0. The molecule has 0 spiro atoms. The Balaban J connectivity index is 1.66. The molecule has 21 heavy (non-hydrogen) atoms. The third-order valence-corrected chi connectivity index (χ3v) is 5.77. The molecule has 1 atom stereocenters. The van der Waals surface area contributed by atoms with Gasteiger partial charge in [-0.15, -0.1) is 21.5 Å². The van der Waals surface area contributed by atoms with E-state index in [4.69, 9.17) is 0 Å². The van der Waals surface area contributed by atoms with Crippen LogP contribution < -0.4 is 10.0 Å². The van der Waals surface area contributed by atoms with Crippen LogP contribution >= 0.6 is 11.3 Å². The minimum Gasteiger partial charge on any atom is -0.309 e. The Bertz CT molecular complexity index is 692. The largest absolute Gasteiger partial charge is 0.309 e. The number of nitrogens with one attached hydrogen (secondary N) is 3.